The summed E-state index contributed by atoms with van der Waals surface area (Å²) in [5.41, 5.74) is 4.24. The molecule has 42 heavy (non-hydrogen) atoms. The van der Waals surface area contributed by atoms with E-state index >= 15 is 0 Å². The number of aryl methyl sites for hydroxylation is 2. The average molecular weight is 578 g/mol. The van der Waals surface area contributed by atoms with Crippen LogP contribution >= 0.6 is 0 Å². The van der Waals surface area contributed by atoms with Gasteiger partial charge in [-0.15, -0.1) is 0 Å². The molecule has 0 saturated heterocycles. The summed E-state index contributed by atoms with van der Waals surface area (Å²) in [5.74, 6) is -2.06. The van der Waals surface area contributed by atoms with E-state index < -0.39 is 29.7 Å². The fourth-order valence-corrected chi connectivity index (χ4v) is 5.77. The van der Waals surface area contributed by atoms with Crippen molar-refractivity contribution in [3.63, 3.8) is 0 Å². The summed E-state index contributed by atoms with van der Waals surface area (Å²) in [6.07, 6.45) is 2.45. The smallest absolute Gasteiger partial charge is 0.253 e. The average Bonchev–Trinajstić information content (AvgIpc) is 3.37. The third kappa shape index (κ3) is 8.01. The van der Waals surface area contributed by atoms with Crippen LogP contribution in [0.2, 0.25) is 0 Å². The van der Waals surface area contributed by atoms with Crippen LogP contribution in [0, 0.1) is 18.6 Å². The maximum absolute atomic E-state index is 14.0. The van der Waals surface area contributed by atoms with Gasteiger partial charge in [-0.25, -0.2) is 8.78 Å². The quantitative estimate of drug-likeness (QED) is 0.250. The lowest BCUT2D eigenvalue weighted by molar-refractivity contribution is 0.0755. The number of carbonyl (C=O) groups excluding carboxylic acids is 2. The van der Waals surface area contributed by atoms with Crippen molar-refractivity contribution in [3.8, 4) is 0 Å². The van der Waals surface area contributed by atoms with Crippen LogP contribution in [-0.2, 0) is 12.8 Å². The van der Waals surface area contributed by atoms with Gasteiger partial charge in [-0.3, -0.25) is 9.59 Å². The molecule has 0 radical (unpaired) electrons. The molecule has 0 unspecified atom stereocenters. The van der Waals surface area contributed by atoms with Crippen LogP contribution in [0.15, 0.2) is 60.7 Å². The number of aliphatic hydroxyl groups excluding tert-OH is 1. The highest BCUT2D eigenvalue weighted by Crippen LogP contribution is 2.30. The summed E-state index contributed by atoms with van der Waals surface area (Å²) in [4.78, 5) is 28.6. The van der Waals surface area contributed by atoms with Crippen LogP contribution < -0.4 is 10.6 Å². The molecule has 0 bridgehead atoms. The molecule has 0 saturated carbocycles. The first-order chi connectivity index (χ1) is 20.2. The fourth-order valence-electron chi connectivity index (χ4n) is 5.77. The van der Waals surface area contributed by atoms with E-state index in [-0.39, 0.29) is 30.5 Å². The van der Waals surface area contributed by atoms with E-state index in [0.717, 1.165) is 37.3 Å². The first-order valence-electron chi connectivity index (χ1n) is 14.8. The molecule has 3 aromatic carbocycles. The highest BCUT2D eigenvalue weighted by Gasteiger charge is 2.27. The second kappa shape index (κ2) is 14.5. The molecule has 1 aliphatic carbocycles. The first-order valence-corrected chi connectivity index (χ1v) is 14.8. The summed E-state index contributed by atoms with van der Waals surface area (Å²) in [6.45, 7) is 7.27. The SMILES string of the molecule is CCCN(CCC)C(=O)c1cc(C)cc(C(=O)N[C@@H](Cc2cc(F)cc(F)c2)[C@H](O)CN[C@H]2CCc3ccccc32)c1. The third-order valence-corrected chi connectivity index (χ3v) is 7.73. The van der Waals surface area contributed by atoms with Crippen LogP contribution in [0.3, 0.4) is 0 Å². The lowest BCUT2D eigenvalue weighted by atomic mass is 9.99. The zero-order valence-electron chi connectivity index (χ0n) is 24.6. The van der Waals surface area contributed by atoms with Crippen molar-refractivity contribution < 1.29 is 23.5 Å². The zero-order valence-corrected chi connectivity index (χ0v) is 24.6. The molecule has 2 amide bonds. The Morgan fingerprint density at radius 1 is 0.976 bits per heavy atom. The van der Waals surface area contributed by atoms with E-state index in [4.69, 9.17) is 0 Å². The van der Waals surface area contributed by atoms with Crippen LogP contribution in [0.25, 0.3) is 0 Å². The Hall–Kier alpha value is -3.62. The lowest BCUT2D eigenvalue weighted by Gasteiger charge is -2.27. The Labute approximate surface area is 247 Å². The Bertz CT molecular complexity index is 1370. The van der Waals surface area contributed by atoms with E-state index in [0.29, 0.717) is 24.2 Å². The minimum Gasteiger partial charge on any atom is -0.390 e. The van der Waals surface area contributed by atoms with Gasteiger partial charge >= 0.3 is 0 Å². The number of rotatable bonds is 13. The Kier molecular flexibility index (Phi) is 10.8. The van der Waals surface area contributed by atoms with E-state index in [1.165, 1.54) is 23.3 Å². The van der Waals surface area contributed by atoms with E-state index in [9.17, 15) is 23.5 Å². The van der Waals surface area contributed by atoms with Crippen LogP contribution in [-0.4, -0.2) is 53.6 Å². The number of benzene rings is 3. The van der Waals surface area contributed by atoms with Gasteiger partial charge < -0.3 is 20.6 Å². The lowest BCUT2D eigenvalue weighted by Crippen LogP contribution is -2.49. The van der Waals surface area contributed by atoms with Crippen molar-refractivity contribution in [2.75, 3.05) is 19.6 Å². The second-order valence-electron chi connectivity index (χ2n) is 11.2. The summed E-state index contributed by atoms with van der Waals surface area (Å²) in [5, 5.41) is 17.6. The van der Waals surface area contributed by atoms with Gasteiger partial charge in [0.2, 0.25) is 0 Å². The molecule has 0 spiro atoms. The van der Waals surface area contributed by atoms with Crippen LogP contribution in [0.5, 0.6) is 0 Å². The number of aliphatic hydroxyl groups is 1. The molecule has 0 aromatic heterocycles. The van der Waals surface area contributed by atoms with Gasteiger partial charge in [0.05, 0.1) is 12.1 Å². The molecular weight excluding hydrogens is 536 g/mol. The molecule has 0 heterocycles. The van der Waals surface area contributed by atoms with Crippen molar-refractivity contribution in [2.45, 2.75) is 71.1 Å². The Morgan fingerprint density at radius 3 is 2.33 bits per heavy atom. The molecule has 6 nitrogen and oxygen atoms in total. The highest BCUT2D eigenvalue weighted by atomic mass is 19.1. The third-order valence-electron chi connectivity index (χ3n) is 7.73. The first kappa shape index (κ1) is 31.3. The number of hydrogen-bond acceptors (Lipinski definition) is 4. The standard InChI is InChI=1S/C34H41F2N3O3/c1-4-12-39(13-5-2)34(42)26-15-22(3)14-25(19-26)33(41)38-31(18-23-16-27(35)20-28(36)17-23)32(40)21-37-30-11-10-24-8-6-7-9-29(24)30/h6-9,14-17,19-20,30-32,37,40H,4-5,10-13,18,21H2,1-3H3,(H,38,41)/t30-,31-,32+/m0/s1. The van der Waals surface area contributed by atoms with Gasteiger partial charge in [-0.2, -0.15) is 0 Å². The molecule has 3 aromatic rings. The molecular formula is C34H41F2N3O3. The maximum Gasteiger partial charge on any atom is 0.253 e. The predicted octanol–water partition coefficient (Wildman–Crippen LogP) is 5.51. The molecule has 3 N–H and O–H groups in total. The highest BCUT2D eigenvalue weighted by molar-refractivity contribution is 6.00. The molecule has 8 heteroatoms. The monoisotopic (exact) mass is 577 g/mol. The number of nitrogens with zero attached hydrogens (tertiary/aromatic N) is 1. The largest absolute Gasteiger partial charge is 0.390 e. The van der Waals surface area contributed by atoms with Gasteiger partial charge in [0.25, 0.3) is 11.8 Å². The molecule has 0 fully saturated rings. The van der Waals surface area contributed by atoms with Gasteiger partial charge in [0, 0.05) is 42.9 Å². The zero-order chi connectivity index (χ0) is 30.2. The minimum absolute atomic E-state index is 0.0168. The van der Waals surface area contributed by atoms with Crippen molar-refractivity contribution in [1.29, 1.82) is 0 Å². The van der Waals surface area contributed by atoms with Crippen molar-refractivity contribution >= 4 is 11.8 Å². The van der Waals surface area contributed by atoms with Crippen molar-refractivity contribution in [3.05, 3.63) is 106 Å². The number of halogens is 2. The van der Waals surface area contributed by atoms with Crippen LogP contribution in [0.4, 0.5) is 8.78 Å². The van der Waals surface area contributed by atoms with Gasteiger partial charge in [-0.1, -0.05) is 38.1 Å². The molecule has 3 atom stereocenters. The van der Waals surface area contributed by atoms with E-state index in [2.05, 4.69) is 22.8 Å². The Morgan fingerprint density at radius 2 is 1.64 bits per heavy atom. The summed E-state index contributed by atoms with van der Waals surface area (Å²) < 4.78 is 28.0. The second-order valence-corrected chi connectivity index (χ2v) is 11.2. The van der Waals surface area contributed by atoms with Gasteiger partial charge in [0.1, 0.15) is 11.6 Å². The fraction of sp³-hybridized carbons (Fsp3) is 0.412. The summed E-state index contributed by atoms with van der Waals surface area (Å²) >= 11 is 0. The molecule has 0 aliphatic heterocycles. The van der Waals surface area contributed by atoms with Crippen molar-refractivity contribution in [1.82, 2.24) is 15.5 Å². The topological polar surface area (TPSA) is 81.7 Å². The number of nitrogens with one attached hydrogen (secondary N) is 2. The maximum atomic E-state index is 14.0. The number of amides is 2. The summed E-state index contributed by atoms with van der Waals surface area (Å²) in [7, 11) is 0. The minimum atomic E-state index is -1.05. The molecule has 224 valence electrons. The normalized spacial score (nSPS) is 15.6. The van der Waals surface area contributed by atoms with E-state index in [1.54, 1.807) is 23.1 Å². The van der Waals surface area contributed by atoms with Gasteiger partial charge in [-0.05, 0) is 91.6 Å². The summed E-state index contributed by atoms with van der Waals surface area (Å²) in [6, 6.07) is 15.6. The molecule has 4 rings (SSSR count). The van der Waals surface area contributed by atoms with E-state index in [1.807, 2.05) is 32.9 Å². The predicted molar refractivity (Wildman–Crippen MR) is 160 cm³/mol. The number of hydrogen-bond donors (Lipinski definition) is 3. The molecule has 1 aliphatic rings. The number of fused-ring (bicyclic) bond motifs is 1. The van der Waals surface area contributed by atoms with Gasteiger partial charge in [0.15, 0.2) is 0 Å². The van der Waals surface area contributed by atoms with Crippen molar-refractivity contribution in [2.24, 2.45) is 0 Å². The Balaban J connectivity index is 1.54. The number of carbonyl (C=O) groups is 2. The van der Waals surface area contributed by atoms with Crippen LogP contribution in [0.1, 0.15) is 82.1 Å².